The van der Waals surface area contributed by atoms with Crippen LogP contribution in [-0.4, -0.2) is 45.9 Å². The molecular formula is C21H29ClN6O2. The van der Waals surface area contributed by atoms with Gasteiger partial charge in [0, 0.05) is 36.9 Å². The molecule has 2 fully saturated rings. The highest BCUT2D eigenvalue weighted by Crippen LogP contribution is 2.27. The van der Waals surface area contributed by atoms with E-state index in [1.807, 2.05) is 30.0 Å². The maximum absolute atomic E-state index is 12.5. The summed E-state index contributed by atoms with van der Waals surface area (Å²) in [4.78, 5) is 26.3. The minimum absolute atomic E-state index is 0. The molecule has 9 heteroatoms. The third-order valence-corrected chi connectivity index (χ3v) is 5.71. The van der Waals surface area contributed by atoms with Crippen LogP contribution < -0.4 is 15.5 Å². The Balaban J connectivity index is 0.00000256. The van der Waals surface area contributed by atoms with Gasteiger partial charge in [0.15, 0.2) is 5.69 Å². The molecule has 3 heterocycles. The van der Waals surface area contributed by atoms with Gasteiger partial charge in [-0.05, 0) is 62.9 Å². The van der Waals surface area contributed by atoms with Crippen molar-refractivity contribution in [2.45, 2.75) is 58.0 Å². The van der Waals surface area contributed by atoms with Crippen molar-refractivity contribution >= 4 is 35.6 Å². The van der Waals surface area contributed by atoms with Crippen LogP contribution in [0.3, 0.4) is 0 Å². The van der Waals surface area contributed by atoms with Gasteiger partial charge in [0.2, 0.25) is 5.91 Å². The Morgan fingerprint density at radius 3 is 2.87 bits per heavy atom. The first-order valence-electron chi connectivity index (χ1n) is 10.5. The number of anilines is 2. The Hall–Kier alpha value is -2.45. The lowest BCUT2D eigenvalue weighted by Crippen LogP contribution is -2.34. The molecule has 0 saturated carbocycles. The lowest BCUT2D eigenvalue weighted by atomic mass is 10.0. The Morgan fingerprint density at radius 1 is 1.30 bits per heavy atom. The number of benzene rings is 1. The zero-order chi connectivity index (χ0) is 20.2. The fraction of sp³-hybridized carbons (Fsp3) is 0.524. The third kappa shape index (κ3) is 5.17. The van der Waals surface area contributed by atoms with E-state index in [9.17, 15) is 9.59 Å². The van der Waals surface area contributed by atoms with Gasteiger partial charge in [0.05, 0.1) is 6.20 Å². The predicted octanol–water partition coefficient (Wildman–Crippen LogP) is 2.92. The second-order valence-electron chi connectivity index (χ2n) is 7.91. The van der Waals surface area contributed by atoms with Crippen molar-refractivity contribution in [1.29, 1.82) is 0 Å². The standard InChI is InChI=1S/C21H28N6O2.ClH/c1-15-13-17(7-8-19(15)27-11-4-6-20(27)28)23-21(29)18-14-26(25-24-18)12-9-16-5-2-3-10-22-16;/h7-8,13-14,16,22H,2-6,9-12H2,1H3,(H,23,29);1H. The topological polar surface area (TPSA) is 92.2 Å². The SMILES string of the molecule is Cc1cc(NC(=O)c2cn(CCC3CCCCN3)nn2)ccc1N1CCCC1=O.Cl. The lowest BCUT2D eigenvalue weighted by molar-refractivity contribution is -0.117. The highest BCUT2D eigenvalue weighted by atomic mass is 35.5. The number of rotatable bonds is 6. The Kier molecular flexibility index (Phi) is 7.44. The number of halogens is 1. The molecule has 2 saturated heterocycles. The van der Waals surface area contributed by atoms with Crippen molar-refractivity contribution < 1.29 is 9.59 Å². The van der Waals surface area contributed by atoms with Crippen molar-refractivity contribution in [2.75, 3.05) is 23.3 Å². The molecule has 0 spiro atoms. The van der Waals surface area contributed by atoms with Crippen molar-refractivity contribution in [3.63, 3.8) is 0 Å². The zero-order valence-corrected chi connectivity index (χ0v) is 18.1. The molecule has 0 bridgehead atoms. The van der Waals surface area contributed by atoms with Crippen molar-refractivity contribution in [3.8, 4) is 0 Å². The summed E-state index contributed by atoms with van der Waals surface area (Å²) in [6.07, 6.45) is 7.89. The lowest BCUT2D eigenvalue weighted by Gasteiger charge is -2.23. The van der Waals surface area contributed by atoms with Crippen LogP contribution in [0.1, 0.15) is 54.6 Å². The Labute approximate surface area is 182 Å². The maximum Gasteiger partial charge on any atom is 0.277 e. The van der Waals surface area contributed by atoms with Crippen LogP contribution in [0, 0.1) is 6.92 Å². The molecule has 2 amide bonds. The number of hydrogen-bond donors (Lipinski definition) is 2. The molecule has 1 aromatic carbocycles. The average molecular weight is 433 g/mol. The number of hydrogen-bond acceptors (Lipinski definition) is 5. The molecule has 2 aliphatic heterocycles. The summed E-state index contributed by atoms with van der Waals surface area (Å²) in [7, 11) is 0. The minimum Gasteiger partial charge on any atom is -0.321 e. The summed E-state index contributed by atoms with van der Waals surface area (Å²) in [5.41, 5.74) is 2.86. The first-order chi connectivity index (χ1) is 14.1. The molecule has 8 nitrogen and oxygen atoms in total. The summed E-state index contributed by atoms with van der Waals surface area (Å²) in [5, 5.41) is 14.5. The van der Waals surface area contributed by atoms with E-state index in [-0.39, 0.29) is 24.2 Å². The van der Waals surface area contributed by atoms with Gasteiger partial charge in [-0.15, -0.1) is 17.5 Å². The van der Waals surface area contributed by atoms with E-state index in [1.165, 1.54) is 19.3 Å². The van der Waals surface area contributed by atoms with Crippen LogP contribution in [0.4, 0.5) is 11.4 Å². The summed E-state index contributed by atoms with van der Waals surface area (Å²) in [6.45, 7) is 4.53. The van der Waals surface area contributed by atoms with Crippen LogP contribution in [0.25, 0.3) is 0 Å². The number of aromatic nitrogens is 3. The van der Waals surface area contributed by atoms with E-state index >= 15 is 0 Å². The molecule has 1 unspecified atom stereocenters. The number of piperidine rings is 1. The fourth-order valence-corrected chi connectivity index (χ4v) is 4.10. The number of amides is 2. The smallest absolute Gasteiger partial charge is 0.277 e. The molecule has 1 aromatic heterocycles. The molecule has 2 aromatic rings. The molecule has 2 aliphatic rings. The van der Waals surface area contributed by atoms with Crippen LogP contribution in [-0.2, 0) is 11.3 Å². The van der Waals surface area contributed by atoms with Gasteiger partial charge in [-0.25, -0.2) is 0 Å². The van der Waals surface area contributed by atoms with Crippen molar-refractivity contribution in [3.05, 3.63) is 35.7 Å². The minimum atomic E-state index is -0.281. The number of carbonyl (C=O) groups excluding carboxylic acids is 2. The average Bonchev–Trinajstić information content (AvgIpc) is 3.37. The van der Waals surface area contributed by atoms with Gasteiger partial charge in [-0.2, -0.15) is 0 Å². The number of nitrogens with one attached hydrogen (secondary N) is 2. The number of aryl methyl sites for hydroxylation is 2. The van der Waals surface area contributed by atoms with Crippen LogP contribution >= 0.6 is 12.4 Å². The molecule has 0 radical (unpaired) electrons. The molecular weight excluding hydrogens is 404 g/mol. The summed E-state index contributed by atoms with van der Waals surface area (Å²) in [6, 6.07) is 6.12. The van der Waals surface area contributed by atoms with E-state index in [0.29, 0.717) is 23.8 Å². The van der Waals surface area contributed by atoms with Crippen LogP contribution in [0.15, 0.2) is 24.4 Å². The highest BCUT2D eigenvalue weighted by molar-refractivity contribution is 6.03. The first-order valence-corrected chi connectivity index (χ1v) is 10.5. The van der Waals surface area contributed by atoms with Gasteiger partial charge in [-0.3, -0.25) is 14.3 Å². The van der Waals surface area contributed by atoms with Gasteiger partial charge < -0.3 is 15.5 Å². The van der Waals surface area contributed by atoms with Gasteiger partial charge >= 0.3 is 0 Å². The van der Waals surface area contributed by atoms with E-state index in [2.05, 4.69) is 20.9 Å². The van der Waals surface area contributed by atoms with Gasteiger partial charge in [0.1, 0.15) is 0 Å². The largest absolute Gasteiger partial charge is 0.321 e. The summed E-state index contributed by atoms with van der Waals surface area (Å²) in [5.74, 6) is -0.124. The molecule has 4 rings (SSSR count). The van der Waals surface area contributed by atoms with Gasteiger partial charge in [0.25, 0.3) is 5.91 Å². The quantitative estimate of drug-likeness (QED) is 0.732. The Morgan fingerprint density at radius 2 is 2.17 bits per heavy atom. The van der Waals surface area contributed by atoms with Crippen LogP contribution in [0.5, 0.6) is 0 Å². The normalized spacial score (nSPS) is 18.9. The molecule has 0 aliphatic carbocycles. The predicted molar refractivity (Wildman–Crippen MR) is 118 cm³/mol. The second-order valence-corrected chi connectivity index (χ2v) is 7.91. The Bertz CT molecular complexity index is 893. The van der Waals surface area contributed by atoms with E-state index in [4.69, 9.17) is 0 Å². The monoisotopic (exact) mass is 432 g/mol. The molecule has 30 heavy (non-hydrogen) atoms. The number of nitrogens with zero attached hydrogens (tertiary/aromatic N) is 4. The van der Waals surface area contributed by atoms with Crippen molar-refractivity contribution in [2.24, 2.45) is 0 Å². The molecule has 162 valence electrons. The molecule has 1 atom stereocenters. The zero-order valence-electron chi connectivity index (χ0n) is 17.3. The summed E-state index contributed by atoms with van der Waals surface area (Å²) >= 11 is 0. The fourth-order valence-electron chi connectivity index (χ4n) is 4.10. The first kappa shape index (κ1) is 22.2. The van der Waals surface area contributed by atoms with E-state index in [1.54, 1.807) is 10.9 Å². The van der Waals surface area contributed by atoms with Gasteiger partial charge in [-0.1, -0.05) is 11.6 Å². The van der Waals surface area contributed by atoms with E-state index < -0.39 is 0 Å². The highest BCUT2D eigenvalue weighted by Gasteiger charge is 2.23. The summed E-state index contributed by atoms with van der Waals surface area (Å²) < 4.78 is 1.73. The van der Waals surface area contributed by atoms with Crippen LogP contribution in [0.2, 0.25) is 0 Å². The maximum atomic E-state index is 12.5. The van der Waals surface area contributed by atoms with E-state index in [0.717, 1.165) is 43.7 Å². The second kappa shape index (κ2) is 10.0. The molecule has 2 N–H and O–H groups in total. The number of carbonyl (C=O) groups is 2. The third-order valence-electron chi connectivity index (χ3n) is 5.71. The van der Waals surface area contributed by atoms with Crippen molar-refractivity contribution in [1.82, 2.24) is 20.3 Å².